The normalized spacial score (nSPS) is 15.6. The molecule has 0 saturated carbocycles. The minimum absolute atomic E-state index is 0.118. The molecular weight excluding hydrogens is 250 g/mol. The third-order valence-electron chi connectivity index (χ3n) is 2.92. The van der Waals surface area contributed by atoms with Gasteiger partial charge in [-0.05, 0) is 29.8 Å². The Balaban J connectivity index is 0.000000704. The van der Waals surface area contributed by atoms with E-state index in [9.17, 15) is 0 Å². The Bertz CT molecular complexity index is 599. The van der Waals surface area contributed by atoms with Crippen LogP contribution in [0.4, 0.5) is 0 Å². The fourth-order valence-corrected chi connectivity index (χ4v) is 1.96. The molecule has 1 unspecified atom stereocenters. The molecule has 0 spiro atoms. The second-order valence-electron chi connectivity index (χ2n) is 4.10. The van der Waals surface area contributed by atoms with Crippen molar-refractivity contribution in [2.45, 2.75) is 20.0 Å². The summed E-state index contributed by atoms with van der Waals surface area (Å²) in [6.07, 6.45) is -0.118. The number of benzene rings is 2. The fraction of sp³-hybridized carbons (Fsp3) is 0.235. The third-order valence-corrected chi connectivity index (χ3v) is 2.92. The monoisotopic (exact) mass is 267 g/mol. The van der Waals surface area contributed by atoms with Crippen LogP contribution in [0.1, 0.15) is 31.1 Å². The lowest BCUT2D eigenvalue weighted by atomic mass is 10.1. The highest BCUT2D eigenvalue weighted by molar-refractivity contribution is 5.42. The summed E-state index contributed by atoms with van der Waals surface area (Å²) < 4.78 is 11.5. The molecule has 0 aromatic heterocycles. The second kappa shape index (κ2) is 6.63. The Kier molecular flexibility index (Phi) is 4.62. The predicted octanol–water partition coefficient (Wildman–Crippen LogP) is 4.10. The van der Waals surface area contributed by atoms with Gasteiger partial charge in [0.25, 0.3) is 0 Å². The van der Waals surface area contributed by atoms with Crippen molar-refractivity contribution in [3.05, 3.63) is 59.7 Å². The van der Waals surface area contributed by atoms with Crippen LogP contribution in [0, 0.1) is 11.3 Å². The Labute approximate surface area is 119 Å². The molecule has 2 aromatic rings. The lowest BCUT2D eigenvalue weighted by Crippen LogP contribution is -2.21. The van der Waals surface area contributed by atoms with E-state index in [1.54, 1.807) is 12.1 Å². The maximum absolute atomic E-state index is 8.76. The zero-order chi connectivity index (χ0) is 14.4. The van der Waals surface area contributed by atoms with E-state index in [0.717, 1.165) is 17.1 Å². The van der Waals surface area contributed by atoms with Crippen LogP contribution in [0.5, 0.6) is 11.5 Å². The van der Waals surface area contributed by atoms with Gasteiger partial charge in [-0.2, -0.15) is 5.26 Å². The quantitative estimate of drug-likeness (QED) is 0.781. The van der Waals surface area contributed by atoms with Crippen molar-refractivity contribution in [3.63, 3.8) is 0 Å². The topological polar surface area (TPSA) is 42.2 Å². The number of nitrogens with zero attached hydrogens (tertiary/aromatic N) is 1. The summed E-state index contributed by atoms with van der Waals surface area (Å²) in [5.41, 5.74) is 1.67. The molecule has 0 amide bonds. The maximum Gasteiger partial charge on any atom is 0.162 e. The summed E-state index contributed by atoms with van der Waals surface area (Å²) in [4.78, 5) is 0. The summed E-state index contributed by atoms with van der Waals surface area (Å²) in [6, 6.07) is 17.1. The molecule has 0 fully saturated rings. The first-order valence-corrected chi connectivity index (χ1v) is 6.75. The molecule has 3 rings (SSSR count). The minimum Gasteiger partial charge on any atom is -0.485 e. The van der Waals surface area contributed by atoms with Gasteiger partial charge in [0.2, 0.25) is 0 Å². The van der Waals surface area contributed by atoms with Crippen LogP contribution < -0.4 is 9.47 Å². The standard InChI is InChI=1S/C15H11NO2.C2H6/c16-9-11-5-7-12(8-6-11)15-10-17-13-3-1-2-4-14(13)18-15;1-2/h1-8,15H,10H2;1-2H3. The molecule has 1 heterocycles. The van der Waals surface area contributed by atoms with Gasteiger partial charge in [-0.25, -0.2) is 0 Å². The number of hydrogen-bond acceptors (Lipinski definition) is 3. The van der Waals surface area contributed by atoms with Gasteiger partial charge < -0.3 is 9.47 Å². The van der Waals surface area contributed by atoms with Gasteiger partial charge in [-0.15, -0.1) is 0 Å². The molecule has 3 heteroatoms. The Morgan fingerprint density at radius 2 is 1.65 bits per heavy atom. The number of rotatable bonds is 1. The second-order valence-corrected chi connectivity index (χ2v) is 4.10. The summed E-state index contributed by atoms with van der Waals surface area (Å²) in [5.74, 6) is 1.54. The van der Waals surface area contributed by atoms with Crippen LogP contribution in [-0.4, -0.2) is 6.61 Å². The van der Waals surface area contributed by atoms with Gasteiger partial charge >= 0.3 is 0 Å². The average Bonchev–Trinajstić information content (AvgIpc) is 2.56. The zero-order valence-electron chi connectivity index (χ0n) is 11.7. The lowest BCUT2D eigenvalue weighted by molar-refractivity contribution is 0.0913. The molecule has 0 bridgehead atoms. The SMILES string of the molecule is CC.N#Cc1ccc(C2COc3ccccc3O2)cc1. The van der Waals surface area contributed by atoms with E-state index >= 15 is 0 Å². The first kappa shape index (κ1) is 14.0. The maximum atomic E-state index is 8.76. The van der Waals surface area contributed by atoms with Crippen molar-refractivity contribution in [2.24, 2.45) is 0 Å². The van der Waals surface area contributed by atoms with E-state index in [2.05, 4.69) is 6.07 Å². The van der Waals surface area contributed by atoms with Crippen molar-refractivity contribution in [3.8, 4) is 17.6 Å². The van der Waals surface area contributed by atoms with Crippen LogP contribution in [-0.2, 0) is 0 Å². The number of hydrogen-bond donors (Lipinski definition) is 0. The molecule has 1 aliphatic heterocycles. The summed E-state index contributed by atoms with van der Waals surface area (Å²) in [6.45, 7) is 4.49. The fourth-order valence-electron chi connectivity index (χ4n) is 1.96. The van der Waals surface area contributed by atoms with Gasteiger partial charge in [0.15, 0.2) is 17.6 Å². The summed E-state index contributed by atoms with van der Waals surface area (Å²) >= 11 is 0. The van der Waals surface area contributed by atoms with Crippen LogP contribution in [0.15, 0.2) is 48.5 Å². The summed E-state index contributed by atoms with van der Waals surface area (Å²) in [7, 11) is 0. The van der Waals surface area contributed by atoms with E-state index in [1.807, 2.05) is 50.2 Å². The van der Waals surface area contributed by atoms with E-state index in [4.69, 9.17) is 14.7 Å². The summed E-state index contributed by atoms with van der Waals surface area (Å²) in [5, 5.41) is 8.76. The molecule has 0 N–H and O–H groups in total. The molecular formula is C17H17NO2. The smallest absolute Gasteiger partial charge is 0.162 e. The molecule has 2 aromatic carbocycles. The Hall–Kier alpha value is -2.47. The molecule has 0 saturated heterocycles. The van der Waals surface area contributed by atoms with Crippen LogP contribution in [0.3, 0.4) is 0 Å². The number of ether oxygens (including phenoxy) is 2. The van der Waals surface area contributed by atoms with Crippen LogP contribution >= 0.6 is 0 Å². The first-order valence-electron chi connectivity index (χ1n) is 6.75. The average molecular weight is 267 g/mol. The highest BCUT2D eigenvalue weighted by Gasteiger charge is 2.21. The Morgan fingerprint density at radius 1 is 1.00 bits per heavy atom. The first-order chi connectivity index (χ1) is 9.86. The molecule has 1 aliphatic rings. The van der Waals surface area contributed by atoms with Crippen LogP contribution in [0.2, 0.25) is 0 Å². The highest BCUT2D eigenvalue weighted by atomic mass is 16.6. The molecule has 1 atom stereocenters. The molecule has 102 valence electrons. The van der Waals surface area contributed by atoms with Crippen molar-refractivity contribution < 1.29 is 9.47 Å². The predicted molar refractivity (Wildman–Crippen MR) is 77.8 cm³/mol. The highest BCUT2D eigenvalue weighted by Crippen LogP contribution is 2.35. The van der Waals surface area contributed by atoms with E-state index in [1.165, 1.54) is 0 Å². The van der Waals surface area contributed by atoms with Gasteiger partial charge in [-0.3, -0.25) is 0 Å². The van der Waals surface area contributed by atoms with Crippen molar-refractivity contribution >= 4 is 0 Å². The van der Waals surface area contributed by atoms with Crippen molar-refractivity contribution in [2.75, 3.05) is 6.61 Å². The number of para-hydroxylation sites is 2. The van der Waals surface area contributed by atoms with Gasteiger partial charge in [0.1, 0.15) is 6.61 Å². The largest absolute Gasteiger partial charge is 0.485 e. The van der Waals surface area contributed by atoms with E-state index in [0.29, 0.717) is 12.2 Å². The molecule has 20 heavy (non-hydrogen) atoms. The Morgan fingerprint density at radius 3 is 2.30 bits per heavy atom. The van der Waals surface area contributed by atoms with E-state index in [-0.39, 0.29) is 6.10 Å². The molecule has 3 nitrogen and oxygen atoms in total. The van der Waals surface area contributed by atoms with Crippen molar-refractivity contribution in [1.82, 2.24) is 0 Å². The third kappa shape index (κ3) is 2.92. The number of nitriles is 1. The zero-order valence-corrected chi connectivity index (χ0v) is 11.7. The number of fused-ring (bicyclic) bond motifs is 1. The van der Waals surface area contributed by atoms with Gasteiger partial charge in [0.05, 0.1) is 11.6 Å². The van der Waals surface area contributed by atoms with E-state index < -0.39 is 0 Å². The molecule has 0 aliphatic carbocycles. The van der Waals surface area contributed by atoms with Crippen molar-refractivity contribution in [1.29, 1.82) is 5.26 Å². The lowest BCUT2D eigenvalue weighted by Gasteiger charge is -2.26. The van der Waals surface area contributed by atoms with Crippen LogP contribution in [0.25, 0.3) is 0 Å². The van der Waals surface area contributed by atoms with Gasteiger partial charge in [0, 0.05) is 0 Å². The minimum atomic E-state index is -0.118. The van der Waals surface area contributed by atoms with Gasteiger partial charge in [-0.1, -0.05) is 38.1 Å². The molecule has 0 radical (unpaired) electrons.